The number of rotatable bonds is 20. The lowest BCUT2D eigenvalue weighted by atomic mass is 10.0. The van der Waals surface area contributed by atoms with E-state index in [4.69, 9.17) is 14.5 Å². The van der Waals surface area contributed by atoms with Gasteiger partial charge in [0.05, 0.1) is 6.61 Å². The highest BCUT2D eigenvalue weighted by Crippen LogP contribution is 2.44. The van der Waals surface area contributed by atoms with Crippen LogP contribution in [0.25, 0.3) is 0 Å². The van der Waals surface area contributed by atoms with E-state index in [1.54, 1.807) is 0 Å². The summed E-state index contributed by atoms with van der Waals surface area (Å²) in [4.78, 5) is 46.2. The van der Waals surface area contributed by atoms with Gasteiger partial charge in [-0.2, -0.15) is 13.8 Å². The van der Waals surface area contributed by atoms with Crippen LogP contribution in [0, 0.1) is 0 Å². The number of halogens is 2. The number of aliphatic hydroxyl groups excluding tert-OH is 1. The van der Waals surface area contributed by atoms with Gasteiger partial charge in [-0.15, -0.1) is 0 Å². The van der Waals surface area contributed by atoms with Crippen molar-refractivity contribution in [2.24, 2.45) is 0 Å². The normalized spacial score (nSPS) is 20.3. The number of unbranched alkanes of at least 4 members (excludes halogenated alkanes) is 1. The van der Waals surface area contributed by atoms with E-state index in [1.807, 2.05) is 6.92 Å². The van der Waals surface area contributed by atoms with Crippen LogP contribution in [0.5, 0.6) is 0 Å². The molecule has 1 amide bonds. The van der Waals surface area contributed by atoms with Crippen molar-refractivity contribution in [1.82, 2.24) is 9.55 Å². The highest BCUT2D eigenvalue weighted by molar-refractivity contribution is 7.46. The predicted octanol–water partition coefficient (Wildman–Crippen LogP) is 7.84. The summed E-state index contributed by atoms with van der Waals surface area (Å²) >= 11 is 0. The third kappa shape index (κ3) is 15.9. The van der Waals surface area contributed by atoms with Crippen LogP contribution in [-0.4, -0.2) is 55.1 Å². The molecule has 0 aliphatic carbocycles. The number of hydrogen-bond donors (Lipinski definition) is 4. The first-order valence-electron chi connectivity index (χ1n) is 17.0. The number of aliphatic hydroxyl groups is 1. The van der Waals surface area contributed by atoms with Crippen LogP contribution in [-0.2, 0) is 18.6 Å². The largest absolute Gasteiger partial charge is 0.469 e. The molecular formula is C36H54F2N3O8P. The molecule has 0 spiro atoms. The number of amides is 1. The van der Waals surface area contributed by atoms with Crippen LogP contribution in [0.2, 0.25) is 0 Å². The highest BCUT2D eigenvalue weighted by Gasteiger charge is 2.60. The van der Waals surface area contributed by atoms with E-state index in [0.717, 1.165) is 69.2 Å². The molecule has 50 heavy (non-hydrogen) atoms. The highest BCUT2D eigenvalue weighted by atomic mass is 31.2. The number of carbonyl (C=O) groups excluding carboxylic acids is 1. The van der Waals surface area contributed by atoms with Crippen molar-refractivity contribution in [3.63, 3.8) is 0 Å². The summed E-state index contributed by atoms with van der Waals surface area (Å²) < 4.78 is 49.8. The maximum atomic E-state index is 14.7. The Balaban J connectivity index is 1.74. The number of nitrogens with zero attached hydrogens (tertiary/aromatic N) is 2. The molecular weight excluding hydrogens is 671 g/mol. The molecule has 1 aromatic heterocycles. The zero-order valence-electron chi connectivity index (χ0n) is 30.0. The number of anilines is 1. The second-order valence-corrected chi connectivity index (χ2v) is 14.4. The lowest BCUT2D eigenvalue weighted by molar-refractivity contribution is -0.140. The Kier molecular flexibility index (Phi) is 17.9. The Labute approximate surface area is 294 Å². The molecule has 0 aromatic carbocycles. The summed E-state index contributed by atoms with van der Waals surface area (Å²) in [5, 5.41) is 12.4. The van der Waals surface area contributed by atoms with Gasteiger partial charge in [0.2, 0.25) is 12.1 Å². The first kappa shape index (κ1) is 43.1. The molecule has 1 aliphatic heterocycles. The minimum absolute atomic E-state index is 0.121. The van der Waals surface area contributed by atoms with Crippen molar-refractivity contribution in [3.05, 3.63) is 81.0 Å². The summed E-state index contributed by atoms with van der Waals surface area (Å²) in [5.41, 5.74) is 5.39. The molecule has 4 N–H and O–H groups in total. The summed E-state index contributed by atoms with van der Waals surface area (Å²) in [6, 6.07) is 1.13. The monoisotopic (exact) mass is 725 g/mol. The number of alkyl halides is 2. The van der Waals surface area contributed by atoms with Crippen LogP contribution < -0.4 is 11.0 Å². The van der Waals surface area contributed by atoms with Crippen molar-refractivity contribution < 1.29 is 42.3 Å². The molecule has 1 saturated heterocycles. The number of allylic oxidation sites excluding steroid dienone is 10. The number of carbonyl (C=O) groups is 1. The lowest BCUT2D eigenvalue weighted by Gasteiger charge is -2.21. The minimum atomic E-state index is -5.01. The second-order valence-electron chi connectivity index (χ2n) is 13.2. The standard InChI is InChI=1S/C36H54F2N3O8P/c1-25(2)12-9-15-28(5)18-10-16-26(3)13-7-8-14-27(4)17-11-19-29(6)20-21-32(42)39-31-22-23-41(35(44)40-31)34-36(37,38)33(43)30(49-34)24-48-50(45,46)47/h12-14,18-19,22-23,30,33-34,43H,7-11,15-17,20-21,24H2,1-6H3,(H2,45,46,47)(H,39,40,42,44)/b26-13+,27-14-,28-18+,29-19+/t30-,33-,34-/m1/s1. The summed E-state index contributed by atoms with van der Waals surface area (Å²) in [5.74, 6) is -4.57. The Morgan fingerprint density at radius 2 is 1.40 bits per heavy atom. The molecule has 280 valence electrons. The molecule has 0 saturated carbocycles. The van der Waals surface area contributed by atoms with Gasteiger partial charge in [-0.3, -0.25) is 13.9 Å². The average molecular weight is 726 g/mol. The van der Waals surface area contributed by atoms with Gasteiger partial charge in [0, 0.05) is 12.6 Å². The number of phosphoric acid groups is 1. The fourth-order valence-electron chi connectivity index (χ4n) is 5.20. The third-order valence-corrected chi connectivity index (χ3v) is 8.67. The third-order valence-electron chi connectivity index (χ3n) is 8.19. The SMILES string of the molecule is CC(C)=CCC/C(C)=C/CC/C(C)=C/CC/C=C(/C)CC/C=C(\C)CCC(=O)Nc1ccn([C@@H]2O[C@H](COP(=O)(O)O)[C@@H](O)C2(F)F)c(=O)n1. The van der Waals surface area contributed by atoms with Gasteiger partial charge < -0.3 is 24.9 Å². The summed E-state index contributed by atoms with van der Waals surface area (Å²) in [7, 11) is -5.01. The van der Waals surface area contributed by atoms with E-state index >= 15 is 0 Å². The smallest absolute Gasteiger partial charge is 0.384 e. The molecule has 0 unspecified atom stereocenters. The Hall–Kier alpha value is -3.06. The first-order chi connectivity index (χ1) is 23.4. The summed E-state index contributed by atoms with van der Waals surface area (Å²) in [6.07, 6.45) is 14.4. The van der Waals surface area contributed by atoms with Gasteiger partial charge in [0.15, 0.2) is 6.10 Å². The molecule has 0 bridgehead atoms. The summed E-state index contributed by atoms with van der Waals surface area (Å²) in [6.45, 7) is 11.7. The molecule has 3 atom stereocenters. The lowest BCUT2D eigenvalue weighted by Crippen LogP contribution is -2.42. The van der Waals surface area contributed by atoms with Crippen LogP contribution >= 0.6 is 7.82 Å². The van der Waals surface area contributed by atoms with Crippen LogP contribution in [0.15, 0.2) is 75.3 Å². The molecule has 2 rings (SSSR count). The van der Waals surface area contributed by atoms with Gasteiger partial charge in [-0.1, -0.05) is 58.2 Å². The maximum Gasteiger partial charge on any atom is 0.469 e. The minimum Gasteiger partial charge on any atom is -0.384 e. The fourth-order valence-corrected chi connectivity index (χ4v) is 5.54. The van der Waals surface area contributed by atoms with Crippen LogP contribution in [0.1, 0.15) is 112 Å². The molecule has 1 aliphatic rings. The van der Waals surface area contributed by atoms with E-state index in [1.165, 1.54) is 22.3 Å². The van der Waals surface area contributed by atoms with Gasteiger partial charge in [0.1, 0.15) is 11.9 Å². The van der Waals surface area contributed by atoms with Gasteiger partial charge in [0.25, 0.3) is 0 Å². The zero-order valence-corrected chi connectivity index (χ0v) is 30.9. The van der Waals surface area contributed by atoms with Crippen molar-refractivity contribution in [2.75, 3.05) is 11.9 Å². The van der Waals surface area contributed by atoms with E-state index in [9.17, 15) is 28.0 Å². The van der Waals surface area contributed by atoms with E-state index in [-0.39, 0.29) is 12.2 Å². The van der Waals surface area contributed by atoms with Crippen LogP contribution in [0.4, 0.5) is 14.6 Å². The Morgan fingerprint density at radius 1 is 0.900 bits per heavy atom. The van der Waals surface area contributed by atoms with Gasteiger partial charge in [-0.05, 0) is 105 Å². The van der Waals surface area contributed by atoms with Crippen molar-refractivity contribution >= 4 is 19.5 Å². The molecule has 14 heteroatoms. The van der Waals surface area contributed by atoms with E-state index < -0.39 is 50.4 Å². The quantitative estimate of drug-likeness (QED) is 0.0597. The number of phosphoric ester groups is 1. The van der Waals surface area contributed by atoms with Crippen molar-refractivity contribution in [2.45, 2.75) is 130 Å². The molecule has 2 heterocycles. The van der Waals surface area contributed by atoms with E-state index in [2.05, 4.69) is 79.8 Å². The molecule has 1 aromatic rings. The second kappa shape index (κ2) is 20.7. The maximum absolute atomic E-state index is 14.7. The fraction of sp³-hybridized carbons (Fsp3) is 0.583. The number of aromatic nitrogens is 2. The van der Waals surface area contributed by atoms with Gasteiger partial charge >= 0.3 is 19.4 Å². The Morgan fingerprint density at radius 3 is 1.90 bits per heavy atom. The zero-order chi connectivity index (χ0) is 37.5. The number of ether oxygens (including phenoxy) is 1. The number of hydrogen-bond acceptors (Lipinski definition) is 7. The molecule has 11 nitrogen and oxygen atoms in total. The Bertz CT molecular complexity index is 1540. The average Bonchev–Trinajstić information content (AvgIpc) is 3.24. The van der Waals surface area contributed by atoms with Gasteiger partial charge in [-0.25, -0.2) is 9.36 Å². The molecule has 0 radical (unpaired) electrons. The van der Waals surface area contributed by atoms with Crippen molar-refractivity contribution in [1.29, 1.82) is 0 Å². The van der Waals surface area contributed by atoms with Crippen molar-refractivity contribution in [3.8, 4) is 0 Å². The molecule has 1 fully saturated rings. The first-order valence-corrected chi connectivity index (χ1v) is 18.5. The van der Waals surface area contributed by atoms with E-state index in [0.29, 0.717) is 11.0 Å². The predicted molar refractivity (Wildman–Crippen MR) is 191 cm³/mol. The number of nitrogens with one attached hydrogen (secondary N) is 1. The van der Waals surface area contributed by atoms with Crippen LogP contribution in [0.3, 0.4) is 0 Å². The topological polar surface area (TPSA) is 160 Å².